The highest BCUT2D eigenvalue weighted by molar-refractivity contribution is 7.90. The van der Waals surface area contributed by atoms with E-state index in [1.807, 2.05) is 0 Å². The van der Waals surface area contributed by atoms with Crippen molar-refractivity contribution in [2.24, 2.45) is 0 Å². The van der Waals surface area contributed by atoms with Crippen LogP contribution in [0, 0.1) is 13.8 Å². The summed E-state index contributed by atoms with van der Waals surface area (Å²) in [5, 5.41) is 13.7. The van der Waals surface area contributed by atoms with Gasteiger partial charge in [-0.1, -0.05) is 11.2 Å². The summed E-state index contributed by atoms with van der Waals surface area (Å²) < 4.78 is 28.9. The first-order valence-electron chi connectivity index (χ1n) is 7.77. The van der Waals surface area contributed by atoms with Gasteiger partial charge in [-0.3, -0.25) is 4.79 Å². The quantitative estimate of drug-likeness (QED) is 0.864. The van der Waals surface area contributed by atoms with Gasteiger partial charge in [0.1, 0.15) is 6.04 Å². The fraction of sp³-hybridized carbons (Fsp3) is 0.438. The van der Waals surface area contributed by atoms with E-state index in [0.717, 1.165) is 6.26 Å². The normalized spacial score (nSPS) is 20.9. The molecule has 2 atom stereocenters. The van der Waals surface area contributed by atoms with Gasteiger partial charge in [0.05, 0.1) is 11.0 Å². The molecule has 1 aliphatic heterocycles. The van der Waals surface area contributed by atoms with Crippen molar-refractivity contribution in [3.63, 3.8) is 0 Å². The molecule has 8 nitrogen and oxygen atoms in total. The Hall–Kier alpha value is -2.26. The number of amides is 1. The van der Waals surface area contributed by atoms with E-state index in [1.165, 1.54) is 11.0 Å². The maximum atomic E-state index is 12.9. The molecule has 2 heterocycles. The number of hydrogen-bond donors (Lipinski definition) is 1. The third-order valence-corrected chi connectivity index (χ3v) is 5.44. The van der Waals surface area contributed by atoms with E-state index in [1.54, 1.807) is 26.0 Å². The lowest BCUT2D eigenvalue weighted by atomic mass is 10.1. The van der Waals surface area contributed by atoms with Crippen LogP contribution in [-0.4, -0.2) is 53.4 Å². The fourth-order valence-corrected chi connectivity index (χ4v) is 4.01. The third kappa shape index (κ3) is 3.42. The summed E-state index contributed by atoms with van der Waals surface area (Å²) in [6.45, 7) is 3.46. The number of likely N-dealkylation sites (tertiary alicyclic amines) is 1. The van der Waals surface area contributed by atoms with E-state index >= 15 is 0 Å². The van der Waals surface area contributed by atoms with Gasteiger partial charge in [0.2, 0.25) is 5.89 Å². The number of hydrogen-bond acceptors (Lipinski definition) is 7. The highest BCUT2D eigenvalue weighted by Gasteiger charge is 2.39. The van der Waals surface area contributed by atoms with Gasteiger partial charge in [0, 0.05) is 24.8 Å². The van der Waals surface area contributed by atoms with Crippen molar-refractivity contribution in [3.8, 4) is 0 Å². The molecule has 1 aromatic heterocycles. The molecule has 9 heteroatoms. The summed E-state index contributed by atoms with van der Waals surface area (Å²) in [5.41, 5.74) is 0.811. The molecule has 3 rings (SSSR count). The lowest BCUT2D eigenvalue weighted by Crippen LogP contribution is -2.32. The standard InChI is InChI=1S/C16H19N3O5S/c1-9-4-5-11(6-14(9)25(3,22)23)16(21)19-8-12(20)7-13(19)15-17-10(2)18-24-15/h4-6,12-13,20H,7-8H2,1-3H3/t12-,13-/m1/s1. The highest BCUT2D eigenvalue weighted by atomic mass is 32.2. The summed E-state index contributed by atoms with van der Waals surface area (Å²) in [6.07, 6.45) is 0.687. The predicted octanol–water partition coefficient (Wildman–Crippen LogP) is 1.04. The van der Waals surface area contributed by atoms with Gasteiger partial charge >= 0.3 is 0 Å². The molecule has 0 spiro atoms. The van der Waals surface area contributed by atoms with E-state index < -0.39 is 22.0 Å². The Kier molecular flexibility index (Phi) is 4.38. The number of sulfone groups is 1. The monoisotopic (exact) mass is 365 g/mol. The van der Waals surface area contributed by atoms with Gasteiger partial charge in [0.15, 0.2) is 15.7 Å². The molecule has 1 saturated heterocycles. The van der Waals surface area contributed by atoms with Crippen LogP contribution in [0.15, 0.2) is 27.6 Å². The molecule has 1 amide bonds. The maximum absolute atomic E-state index is 12.9. The van der Waals surface area contributed by atoms with Crippen molar-refractivity contribution < 1.29 is 22.8 Å². The first-order chi connectivity index (χ1) is 11.7. The van der Waals surface area contributed by atoms with Crippen molar-refractivity contribution >= 4 is 15.7 Å². The van der Waals surface area contributed by atoms with E-state index in [0.29, 0.717) is 11.4 Å². The second kappa shape index (κ2) is 6.23. The van der Waals surface area contributed by atoms with Gasteiger partial charge in [-0.05, 0) is 31.5 Å². The van der Waals surface area contributed by atoms with Crippen LogP contribution in [0.1, 0.15) is 40.1 Å². The number of carbonyl (C=O) groups excluding carboxylic acids is 1. The maximum Gasteiger partial charge on any atom is 0.254 e. The number of aromatic nitrogens is 2. The summed E-state index contributed by atoms with van der Waals surface area (Å²) in [4.78, 5) is 18.6. The predicted molar refractivity (Wildman–Crippen MR) is 87.7 cm³/mol. The molecule has 2 aromatic rings. The van der Waals surface area contributed by atoms with Crippen LogP contribution < -0.4 is 0 Å². The van der Waals surface area contributed by atoms with Crippen molar-refractivity contribution in [1.82, 2.24) is 15.0 Å². The van der Waals surface area contributed by atoms with Crippen LogP contribution in [0.4, 0.5) is 0 Å². The van der Waals surface area contributed by atoms with Gasteiger partial charge in [0.25, 0.3) is 5.91 Å². The minimum atomic E-state index is -3.45. The van der Waals surface area contributed by atoms with Crippen molar-refractivity contribution in [2.75, 3.05) is 12.8 Å². The molecule has 0 bridgehead atoms. The summed E-state index contributed by atoms with van der Waals surface area (Å²) in [5.74, 6) is 0.318. The number of aliphatic hydroxyl groups excluding tert-OH is 1. The van der Waals surface area contributed by atoms with Crippen LogP contribution in [0.25, 0.3) is 0 Å². The first kappa shape index (κ1) is 17.6. The number of nitrogens with zero attached hydrogens (tertiary/aromatic N) is 3. The molecule has 0 unspecified atom stereocenters. The number of benzene rings is 1. The Labute approximate surface area is 145 Å². The molecular formula is C16H19N3O5S. The van der Waals surface area contributed by atoms with Crippen molar-refractivity contribution in [3.05, 3.63) is 41.0 Å². The lowest BCUT2D eigenvalue weighted by molar-refractivity contribution is 0.0693. The smallest absolute Gasteiger partial charge is 0.254 e. The Bertz CT molecular complexity index is 922. The van der Waals surface area contributed by atoms with Gasteiger partial charge < -0.3 is 14.5 Å². The molecule has 1 fully saturated rings. The van der Waals surface area contributed by atoms with E-state index in [2.05, 4.69) is 10.1 Å². The van der Waals surface area contributed by atoms with Crippen LogP contribution in [0.2, 0.25) is 0 Å². The average molecular weight is 365 g/mol. The summed E-state index contributed by atoms with van der Waals surface area (Å²) in [7, 11) is -3.45. The van der Waals surface area contributed by atoms with Crippen LogP contribution in [0.3, 0.4) is 0 Å². The molecule has 0 saturated carbocycles. The number of rotatable bonds is 3. The molecule has 1 aromatic carbocycles. The molecule has 0 aliphatic carbocycles. The molecular weight excluding hydrogens is 346 g/mol. The Balaban J connectivity index is 1.96. The van der Waals surface area contributed by atoms with Crippen LogP contribution in [-0.2, 0) is 9.84 Å². The Morgan fingerprint density at radius 2 is 2.08 bits per heavy atom. The number of aliphatic hydroxyl groups is 1. The zero-order chi connectivity index (χ0) is 18.4. The van der Waals surface area contributed by atoms with Gasteiger partial charge in [-0.15, -0.1) is 0 Å². The van der Waals surface area contributed by atoms with E-state index in [9.17, 15) is 18.3 Å². The number of aryl methyl sites for hydroxylation is 2. The molecule has 1 N–H and O–H groups in total. The van der Waals surface area contributed by atoms with Crippen molar-refractivity contribution in [1.29, 1.82) is 0 Å². The average Bonchev–Trinajstić information content (AvgIpc) is 3.11. The summed E-state index contributed by atoms with van der Waals surface area (Å²) >= 11 is 0. The summed E-state index contributed by atoms with van der Waals surface area (Å²) in [6, 6.07) is 4.01. The molecule has 25 heavy (non-hydrogen) atoms. The Morgan fingerprint density at radius 1 is 1.36 bits per heavy atom. The van der Waals surface area contributed by atoms with Gasteiger partial charge in [-0.2, -0.15) is 4.98 Å². The zero-order valence-corrected chi connectivity index (χ0v) is 14.9. The molecule has 1 aliphatic rings. The Morgan fingerprint density at radius 3 is 2.68 bits per heavy atom. The SMILES string of the molecule is Cc1noc([C@H]2C[C@@H](O)CN2C(=O)c2ccc(C)c(S(C)(=O)=O)c2)n1. The van der Waals surface area contributed by atoms with E-state index in [-0.39, 0.29) is 35.2 Å². The minimum absolute atomic E-state index is 0.114. The molecule has 0 radical (unpaired) electrons. The van der Waals surface area contributed by atoms with E-state index in [4.69, 9.17) is 4.52 Å². The zero-order valence-electron chi connectivity index (χ0n) is 14.1. The number of β-amino-alcohol motifs (C(OH)–C–C–N with tert-alkyl or cyclic N) is 1. The van der Waals surface area contributed by atoms with Crippen LogP contribution in [0.5, 0.6) is 0 Å². The van der Waals surface area contributed by atoms with Crippen LogP contribution >= 0.6 is 0 Å². The fourth-order valence-electron chi connectivity index (χ4n) is 3.02. The second-order valence-electron chi connectivity index (χ2n) is 6.30. The lowest BCUT2D eigenvalue weighted by Gasteiger charge is -2.22. The topological polar surface area (TPSA) is 114 Å². The number of carbonyl (C=O) groups is 1. The van der Waals surface area contributed by atoms with Gasteiger partial charge in [-0.25, -0.2) is 8.42 Å². The molecule has 134 valence electrons. The first-order valence-corrected chi connectivity index (χ1v) is 9.66. The largest absolute Gasteiger partial charge is 0.391 e. The minimum Gasteiger partial charge on any atom is -0.391 e. The van der Waals surface area contributed by atoms with Crippen molar-refractivity contribution in [2.45, 2.75) is 37.3 Å². The second-order valence-corrected chi connectivity index (χ2v) is 8.28. The highest BCUT2D eigenvalue weighted by Crippen LogP contribution is 2.33. The third-order valence-electron chi connectivity index (χ3n) is 4.20.